The molecule has 0 heterocycles. The molecule has 42 heavy (non-hydrogen) atoms. The fraction of sp³-hybridized carbons (Fsp3) is 0.946. The molecule has 1 saturated carbocycles. The Labute approximate surface area is 261 Å². The van der Waals surface area contributed by atoms with Crippen molar-refractivity contribution in [2.45, 2.75) is 193 Å². The van der Waals surface area contributed by atoms with E-state index >= 15 is 0 Å². The number of carbonyl (C=O) groups is 2. The summed E-state index contributed by atoms with van der Waals surface area (Å²) >= 11 is 0. The van der Waals surface area contributed by atoms with E-state index in [1.165, 1.54) is 135 Å². The van der Waals surface area contributed by atoms with E-state index in [2.05, 4.69) is 25.9 Å². The highest BCUT2D eigenvalue weighted by Gasteiger charge is 2.35. The molecule has 0 amide bonds. The van der Waals surface area contributed by atoms with Crippen molar-refractivity contribution in [3.63, 3.8) is 0 Å². The zero-order valence-corrected chi connectivity index (χ0v) is 28.4. The first-order valence-electron chi connectivity index (χ1n) is 18.5. The second kappa shape index (κ2) is 27.4. The summed E-state index contributed by atoms with van der Waals surface area (Å²) in [5.74, 6) is 1.35. The van der Waals surface area contributed by atoms with Crippen molar-refractivity contribution in [2.75, 3.05) is 20.6 Å². The van der Waals surface area contributed by atoms with Crippen molar-refractivity contribution < 1.29 is 19.4 Å². The van der Waals surface area contributed by atoms with Crippen LogP contribution in [-0.4, -0.2) is 48.7 Å². The van der Waals surface area contributed by atoms with Gasteiger partial charge in [-0.3, -0.25) is 9.59 Å². The van der Waals surface area contributed by atoms with Gasteiger partial charge >= 0.3 is 11.9 Å². The van der Waals surface area contributed by atoms with E-state index in [4.69, 9.17) is 9.84 Å². The van der Waals surface area contributed by atoms with Crippen molar-refractivity contribution in [1.82, 2.24) is 4.90 Å². The van der Waals surface area contributed by atoms with Gasteiger partial charge in [0, 0.05) is 12.8 Å². The Bertz CT molecular complexity index is 637. The summed E-state index contributed by atoms with van der Waals surface area (Å²) in [5.41, 5.74) is 0. The molecular formula is C37H71NO4. The first kappa shape index (κ1) is 38.9. The van der Waals surface area contributed by atoms with Gasteiger partial charge in [-0.2, -0.15) is 0 Å². The average Bonchev–Trinajstić information content (AvgIpc) is 3.70. The molecular weight excluding hydrogens is 522 g/mol. The summed E-state index contributed by atoms with van der Waals surface area (Å²) in [6.45, 7) is 3.21. The van der Waals surface area contributed by atoms with Gasteiger partial charge in [0.15, 0.2) is 0 Å². The van der Waals surface area contributed by atoms with Crippen LogP contribution in [0.2, 0.25) is 0 Å². The number of esters is 1. The van der Waals surface area contributed by atoms with Gasteiger partial charge in [0.05, 0.1) is 0 Å². The van der Waals surface area contributed by atoms with Gasteiger partial charge in [0.25, 0.3) is 0 Å². The van der Waals surface area contributed by atoms with Crippen LogP contribution < -0.4 is 0 Å². The fourth-order valence-electron chi connectivity index (χ4n) is 6.45. The topological polar surface area (TPSA) is 66.8 Å². The van der Waals surface area contributed by atoms with Crippen LogP contribution in [0.15, 0.2) is 0 Å². The molecule has 0 saturated heterocycles. The Morgan fingerprint density at radius 3 is 1.57 bits per heavy atom. The number of rotatable bonds is 32. The molecule has 0 aromatic heterocycles. The van der Waals surface area contributed by atoms with E-state index in [1.807, 2.05) is 0 Å². The monoisotopic (exact) mass is 594 g/mol. The molecule has 0 aliphatic heterocycles. The number of carboxylic acid groups (broad SMARTS) is 1. The average molecular weight is 594 g/mol. The Hall–Kier alpha value is -1.10. The SMILES string of the molecule is CCCCCCCCCC(CCCCCCCCCCC1CC1CCCCCCCC(=O)O)OC(=O)CCCN(C)C. The highest BCUT2D eigenvalue weighted by atomic mass is 16.5. The molecule has 1 aliphatic rings. The number of hydrogen-bond donors (Lipinski definition) is 1. The van der Waals surface area contributed by atoms with Gasteiger partial charge in [-0.15, -0.1) is 0 Å². The molecule has 0 radical (unpaired) electrons. The molecule has 3 atom stereocenters. The van der Waals surface area contributed by atoms with Crippen LogP contribution in [0.1, 0.15) is 187 Å². The molecule has 248 valence electrons. The normalized spacial score (nSPS) is 17.0. The van der Waals surface area contributed by atoms with Gasteiger partial charge in [0.2, 0.25) is 0 Å². The summed E-state index contributed by atoms with van der Waals surface area (Å²) in [6.07, 6.45) is 33.9. The molecule has 1 N–H and O–H groups in total. The van der Waals surface area contributed by atoms with Crippen LogP contribution in [0.25, 0.3) is 0 Å². The number of nitrogens with zero attached hydrogens (tertiary/aromatic N) is 1. The molecule has 3 unspecified atom stereocenters. The van der Waals surface area contributed by atoms with Crippen molar-refractivity contribution >= 4 is 11.9 Å². The number of hydrogen-bond acceptors (Lipinski definition) is 4. The lowest BCUT2D eigenvalue weighted by atomic mass is 10.0. The van der Waals surface area contributed by atoms with Gasteiger partial charge in [-0.05, 0) is 77.4 Å². The molecule has 0 aromatic rings. The van der Waals surface area contributed by atoms with Crippen molar-refractivity contribution in [3.05, 3.63) is 0 Å². The third kappa shape index (κ3) is 25.4. The lowest BCUT2D eigenvalue weighted by Crippen LogP contribution is -2.20. The lowest BCUT2D eigenvalue weighted by molar-refractivity contribution is -0.150. The zero-order chi connectivity index (χ0) is 30.7. The summed E-state index contributed by atoms with van der Waals surface area (Å²) in [7, 11) is 4.11. The standard InChI is InChI=1S/C37H71NO4/c1-4-5-6-7-10-16-21-27-35(42-37(41)30-24-31-38(2)3)28-22-17-12-9-8-11-14-19-25-33-32-34(33)26-20-15-13-18-23-29-36(39)40/h33-35H,4-32H2,1-3H3,(H,39,40). The van der Waals surface area contributed by atoms with Gasteiger partial charge in [0.1, 0.15) is 6.10 Å². The van der Waals surface area contributed by atoms with E-state index in [0.717, 1.165) is 50.5 Å². The molecule has 0 spiro atoms. The molecule has 1 rings (SSSR count). The van der Waals surface area contributed by atoms with Crippen LogP contribution in [0, 0.1) is 11.8 Å². The van der Waals surface area contributed by atoms with Gasteiger partial charge in [-0.1, -0.05) is 129 Å². The van der Waals surface area contributed by atoms with Crippen molar-refractivity contribution in [2.24, 2.45) is 11.8 Å². The maximum absolute atomic E-state index is 12.4. The molecule has 1 aliphatic carbocycles. The largest absolute Gasteiger partial charge is 0.481 e. The van der Waals surface area contributed by atoms with Crippen molar-refractivity contribution in [3.8, 4) is 0 Å². The van der Waals surface area contributed by atoms with Crippen LogP contribution in [0.5, 0.6) is 0 Å². The van der Waals surface area contributed by atoms with Crippen LogP contribution >= 0.6 is 0 Å². The molecule has 5 nitrogen and oxygen atoms in total. The lowest BCUT2D eigenvalue weighted by Gasteiger charge is -2.18. The first-order valence-corrected chi connectivity index (χ1v) is 18.5. The van der Waals surface area contributed by atoms with E-state index in [9.17, 15) is 9.59 Å². The predicted octanol–water partition coefficient (Wildman–Crippen LogP) is 10.7. The summed E-state index contributed by atoms with van der Waals surface area (Å²) in [5, 5.41) is 8.69. The van der Waals surface area contributed by atoms with Crippen LogP contribution in [-0.2, 0) is 14.3 Å². The highest BCUT2D eigenvalue weighted by Crippen LogP contribution is 2.45. The van der Waals surface area contributed by atoms with E-state index in [0.29, 0.717) is 12.8 Å². The number of unbranched alkanes of at least 4 members (excludes halogenated alkanes) is 17. The van der Waals surface area contributed by atoms with E-state index < -0.39 is 5.97 Å². The Morgan fingerprint density at radius 1 is 0.643 bits per heavy atom. The minimum atomic E-state index is -0.656. The van der Waals surface area contributed by atoms with E-state index in [-0.39, 0.29) is 12.1 Å². The predicted molar refractivity (Wildman–Crippen MR) is 178 cm³/mol. The Kier molecular flexibility index (Phi) is 25.4. The van der Waals surface area contributed by atoms with Crippen molar-refractivity contribution in [1.29, 1.82) is 0 Å². The van der Waals surface area contributed by atoms with Crippen LogP contribution in [0.3, 0.4) is 0 Å². The smallest absolute Gasteiger partial charge is 0.306 e. The fourth-order valence-corrected chi connectivity index (χ4v) is 6.45. The molecule has 1 fully saturated rings. The molecule has 0 bridgehead atoms. The summed E-state index contributed by atoms with van der Waals surface area (Å²) < 4.78 is 5.95. The maximum atomic E-state index is 12.4. The zero-order valence-electron chi connectivity index (χ0n) is 28.4. The van der Waals surface area contributed by atoms with Crippen LogP contribution in [0.4, 0.5) is 0 Å². The number of carbonyl (C=O) groups excluding carboxylic acids is 1. The second-order valence-electron chi connectivity index (χ2n) is 13.8. The number of ether oxygens (including phenoxy) is 1. The number of carboxylic acids is 1. The number of aliphatic carboxylic acids is 1. The highest BCUT2D eigenvalue weighted by molar-refractivity contribution is 5.69. The first-order chi connectivity index (χ1) is 20.4. The minimum Gasteiger partial charge on any atom is -0.481 e. The Balaban J connectivity index is 2.01. The maximum Gasteiger partial charge on any atom is 0.306 e. The van der Waals surface area contributed by atoms with Gasteiger partial charge in [-0.25, -0.2) is 0 Å². The second-order valence-corrected chi connectivity index (χ2v) is 13.8. The summed E-state index contributed by atoms with van der Waals surface area (Å²) in [4.78, 5) is 25.1. The summed E-state index contributed by atoms with van der Waals surface area (Å²) in [6, 6.07) is 0. The van der Waals surface area contributed by atoms with Gasteiger partial charge < -0.3 is 14.7 Å². The molecule has 0 aromatic carbocycles. The Morgan fingerprint density at radius 2 is 1.10 bits per heavy atom. The molecule has 5 heteroatoms. The third-order valence-electron chi connectivity index (χ3n) is 9.30. The third-order valence-corrected chi connectivity index (χ3v) is 9.30. The van der Waals surface area contributed by atoms with E-state index in [1.54, 1.807) is 0 Å². The minimum absolute atomic E-state index is 0.00674. The quantitative estimate of drug-likeness (QED) is 0.0621.